The molecule has 94 valence electrons. The molecule has 0 radical (unpaired) electrons. The van der Waals surface area contributed by atoms with E-state index in [4.69, 9.17) is 5.73 Å². The minimum absolute atomic E-state index is 0.511. The van der Waals surface area contributed by atoms with Crippen molar-refractivity contribution in [2.24, 2.45) is 17.6 Å². The molecule has 1 fully saturated rings. The third kappa shape index (κ3) is 3.03. The molecule has 1 aliphatic carbocycles. The van der Waals surface area contributed by atoms with Crippen LogP contribution in [-0.2, 0) is 6.54 Å². The van der Waals surface area contributed by atoms with Gasteiger partial charge in [-0.2, -0.15) is 0 Å². The summed E-state index contributed by atoms with van der Waals surface area (Å²) in [6, 6.07) is 1.91. The van der Waals surface area contributed by atoms with Crippen LogP contribution in [0.2, 0.25) is 0 Å². The summed E-state index contributed by atoms with van der Waals surface area (Å²) in [6.07, 6.45) is 6.95. The lowest BCUT2D eigenvalue weighted by Crippen LogP contribution is -2.19. The first-order chi connectivity index (χ1) is 8.20. The van der Waals surface area contributed by atoms with Gasteiger partial charge in [-0.3, -0.25) is 0 Å². The van der Waals surface area contributed by atoms with E-state index in [1.165, 1.54) is 25.7 Å². The molecule has 0 amide bonds. The van der Waals surface area contributed by atoms with Crippen LogP contribution < -0.4 is 5.73 Å². The lowest BCUT2D eigenvalue weighted by molar-refractivity contribution is 0.254. The fraction of sp³-hybridized carbons (Fsp3) is 0.714. The summed E-state index contributed by atoms with van der Waals surface area (Å²) in [5.74, 6) is 3.27. The van der Waals surface area contributed by atoms with Gasteiger partial charge >= 0.3 is 0 Å². The Morgan fingerprint density at radius 1 is 1.29 bits per heavy atom. The smallest absolute Gasteiger partial charge is 0.131 e. The molecule has 3 heteroatoms. The predicted octanol–water partition coefficient (Wildman–Crippen LogP) is 2.87. The molecule has 17 heavy (non-hydrogen) atoms. The van der Waals surface area contributed by atoms with E-state index in [1.807, 2.05) is 12.3 Å². The van der Waals surface area contributed by atoms with Gasteiger partial charge in [0.05, 0.1) is 5.69 Å². The highest BCUT2D eigenvalue weighted by atomic mass is 14.9. The molecule has 0 aliphatic heterocycles. The van der Waals surface area contributed by atoms with Crippen LogP contribution in [0, 0.1) is 11.8 Å². The number of hydrogen-bond donors (Lipinski definition) is 1. The Labute approximate surface area is 104 Å². The number of nitrogens with two attached hydrogens (primary N) is 1. The van der Waals surface area contributed by atoms with Crippen LogP contribution >= 0.6 is 0 Å². The molecule has 2 N–H and O–H groups in total. The predicted molar refractivity (Wildman–Crippen MR) is 69.5 cm³/mol. The van der Waals surface area contributed by atoms with Gasteiger partial charge in [0.15, 0.2) is 0 Å². The number of aromatic nitrogens is 2. The van der Waals surface area contributed by atoms with E-state index < -0.39 is 0 Å². The molecule has 0 bridgehead atoms. The highest BCUT2D eigenvalue weighted by molar-refractivity contribution is 5.06. The van der Waals surface area contributed by atoms with Crippen molar-refractivity contribution >= 4 is 0 Å². The van der Waals surface area contributed by atoms with E-state index in [-0.39, 0.29) is 0 Å². The van der Waals surface area contributed by atoms with Crippen molar-refractivity contribution in [2.75, 3.05) is 0 Å². The highest BCUT2D eigenvalue weighted by Crippen LogP contribution is 2.37. The average molecular weight is 233 g/mol. The molecule has 1 aromatic heterocycles. The first kappa shape index (κ1) is 12.5. The molecule has 3 nitrogen and oxygen atoms in total. The first-order valence-electron chi connectivity index (χ1n) is 6.72. The van der Waals surface area contributed by atoms with Crippen LogP contribution in [0.1, 0.15) is 57.0 Å². The van der Waals surface area contributed by atoms with Crippen molar-refractivity contribution in [3.63, 3.8) is 0 Å². The van der Waals surface area contributed by atoms with Crippen molar-refractivity contribution in [3.8, 4) is 0 Å². The zero-order chi connectivity index (χ0) is 12.3. The molecule has 1 heterocycles. The molecule has 2 rings (SSSR count). The molecule has 0 atom stereocenters. The Morgan fingerprint density at radius 2 is 2.00 bits per heavy atom. The molecule has 0 spiro atoms. The van der Waals surface area contributed by atoms with Crippen LogP contribution in [-0.4, -0.2) is 9.97 Å². The summed E-state index contributed by atoms with van der Waals surface area (Å²) in [6.45, 7) is 5.17. The summed E-state index contributed by atoms with van der Waals surface area (Å²) in [7, 11) is 0. The maximum absolute atomic E-state index is 5.62. The lowest BCUT2D eigenvalue weighted by atomic mass is 9.77. The second kappa shape index (κ2) is 5.58. The zero-order valence-corrected chi connectivity index (χ0v) is 10.9. The van der Waals surface area contributed by atoms with Gasteiger partial charge in [0, 0.05) is 18.7 Å². The van der Waals surface area contributed by atoms with Crippen molar-refractivity contribution < 1.29 is 0 Å². The summed E-state index contributed by atoms with van der Waals surface area (Å²) < 4.78 is 0. The molecule has 0 saturated heterocycles. The third-order valence-electron chi connectivity index (χ3n) is 4.02. The molecule has 1 aliphatic rings. The maximum atomic E-state index is 5.62. The summed E-state index contributed by atoms with van der Waals surface area (Å²) in [4.78, 5) is 8.96. The number of hydrogen-bond acceptors (Lipinski definition) is 3. The van der Waals surface area contributed by atoms with Crippen LogP contribution in [0.4, 0.5) is 0 Å². The van der Waals surface area contributed by atoms with E-state index in [9.17, 15) is 0 Å². The Balaban J connectivity index is 2.00. The lowest BCUT2D eigenvalue weighted by Gasteiger charge is -2.30. The monoisotopic (exact) mass is 233 g/mol. The minimum atomic E-state index is 0.511. The minimum Gasteiger partial charge on any atom is -0.325 e. The number of rotatable bonds is 3. The quantitative estimate of drug-likeness (QED) is 0.873. The third-order valence-corrected chi connectivity index (χ3v) is 4.02. The van der Waals surface area contributed by atoms with Gasteiger partial charge in [0.1, 0.15) is 5.82 Å². The fourth-order valence-corrected chi connectivity index (χ4v) is 2.77. The Morgan fingerprint density at radius 3 is 2.59 bits per heavy atom. The largest absolute Gasteiger partial charge is 0.325 e. The first-order valence-corrected chi connectivity index (χ1v) is 6.72. The Bertz CT molecular complexity index is 354. The van der Waals surface area contributed by atoms with Crippen molar-refractivity contribution in [2.45, 2.75) is 52.0 Å². The van der Waals surface area contributed by atoms with Crippen molar-refractivity contribution in [3.05, 3.63) is 23.8 Å². The topological polar surface area (TPSA) is 51.8 Å². The van der Waals surface area contributed by atoms with Gasteiger partial charge in [0.2, 0.25) is 0 Å². The second-order valence-corrected chi connectivity index (χ2v) is 5.47. The molecular weight excluding hydrogens is 210 g/mol. The van der Waals surface area contributed by atoms with Crippen molar-refractivity contribution in [1.29, 1.82) is 0 Å². The van der Waals surface area contributed by atoms with Crippen LogP contribution in [0.5, 0.6) is 0 Å². The maximum Gasteiger partial charge on any atom is 0.131 e. The Kier molecular flexibility index (Phi) is 4.11. The van der Waals surface area contributed by atoms with E-state index >= 15 is 0 Å². The van der Waals surface area contributed by atoms with E-state index in [0.717, 1.165) is 23.4 Å². The number of nitrogens with zero attached hydrogens (tertiary/aromatic N) is 2. The van der Waals surface area contributed by atoms with Gasteiger partial charge in [-0.05, 0) is 43.6 Å². The van der Waals surface area contributed by atoms with E-state index in [2.05, 4.69) is 23.8 Å². The highest BCUT2D eigenvalue weighted by Gasteiger charge is 2.25. The summed E-state index contributed by atoms with van der Waals surface area (Å²) >= 11 is 0. The van der Waals surface area contributed by atoms with Crippen LogP contribution in [0.3, 0.4) is 0 Å². The molecule has 1 saturated carbocycles. The van der Waals surface area contributed by atoms with Crippen LogP contribution in [0.25, 0.3) is 0 Å². The van der Waals surface area contributed by atoms with E-state index in [0.29, 0.717) is 12.5 Å². The molecule has 1 aromatic rings. The van der Waals surface area contributed by atoms with Gasteiger partial charge in [-0.25, -0.2) is 9.97 Å². The molecule has 0 unspecified atom stereocenters. The average Bonchev–Trinajstić information content (AvgIpc) is 2.39. The van der Waals surface area contributed by atoms with Crippen molar-refractivity contribution in [1.82, 2.24) is 9.97 Å². The summed E-state index contributed by atoms with van der Waals surface area (Å²) in [5.41, 5.74) is 6.58. The fourth-order valence-electron chi connectivity index (χ4n) is 2.77. The Hall–Kier alpha value is -0.960. The van der Waals surface area contributed by atoms with Gasteiger partial charge in [0.25, 0.3) is 0 Å². The normalized spacial score (nSPS) is 25.2. The SMILES string of the molecule is CC(C)C1CCC(c2nccc(CN)n2)CC1. The standard InChI is InChI=1S/C14H23N3/c1-10(2)11-3-5-12(6-4-11)14-16-8-7-13(9-15)17-14/h7-8,10-12H,3-6,9,15H2,1-2H3. The van der Waals surface area contributed by atoms with Gasteiger partial charge in [-0.1, -0.05) is 13.8 Å². The molecule has 0 aromatic carbocycles. The molecular formula is C14H23N3. The van der Waals surface area contributed by atoms with Gasteiger partial charge in [-0.15, -0.1) is 0 Å². The summed E-state index contributed by atoms with van der Waals surface area (Å²) in [5, 5.41) is 0. The van der Waals surface area contributed by atoms with Gasteiger partial charge < -0.3 is 5.73 Å². The van der Waals surface area contributed by atoms with Crippen LogP contribution in [0.15, 0.2) is 12.3 Å². The van der Waals surface area contributed by atoms with E-state index in [1.54, 1.807) is 0 Å². The zero-order valence-electron chi connectivity index (χ0n) is 10.9. The second-order valence-electron chi connectivity index (χ2n) is 5.47.